The van der Waals surface area contributed by atoms with Gasteiger partial charge < -0.3 is 55.1 Å². The third-order valence-corrected chi connectivity index (χ3v) is 15.5. The van der Waals surface area contributed by atoms with Gasteiger partial charge in [0.25, 0.3) is 35.1 Å². The maximum Gasteiger partial charge on any atom is 0.306 e. The number of hydrogen-bond acceptors (Lipinski definition) is 19. The number of halogens is 4. The van der Waals surface area contributed by atoms with E-state index in [0.717, 1.165) is 102 Å². The lowest BCUT2D eigenvalue weighted by molar-refractivity contribution is -0.156. The largest absolute Gasteiger partial charge is 0.481 e. The van der Waals surface area contributed by atoms with E-state index in [1.54, 1.807) is 31.7 Å². The average Bonchev–Trinajstić information content (AvgIpc) is 3.10. The number of hydrogen-bond donors (Lipinski definition) is 4. The normalized spacial score (nSPS) is 12.7. The van der Waals surface area contributed by atoms with Crippen LogP contribution >= 0.6 is 90.4 Å². The van der Waals surface area contributed by atoms with Crippen LogP contribution in [-0.4, -0.2) is 181 Å². The van der Waals surface area contributed by atoms with Gasteiger partial charge in [-0.3, -0.25) is 22.7 Å². The number of carboxylic acids is 1. The number of carbonyl (C=O) groups excluding carboxylic acids is 4. The number of nitrogens with two attached hydrogens (primary N) is 1. The molecule has 0 aromatic heterocycles. The first-order valence-electron chi connectivity index (χ1n) is 27.6. The number of rotatable bonds is 37. The van der Waals surface area contributed by atoms with E-state index < -0.39 is 43.4 Å². The van der Waals surface area contributed by atoms with E-state index in [0.29, 0.717) is 25.0 Å². The maximum atomic E-state index is 12.6. The van der Waals surface area contributed by atoms with Crippen LogP contribution in [0, 0.1) is 20.8 Å². The summed E-state index contributed by atoms with van der Waals surface area (Å²) in [5, 5.41) is 14.9. The van der Waals surface area contributed by atoms with Crippen LogP contribution in [-0.2, 0) is 62.0 Å². The van der Waals surface area contributed by atoms with Crippen molar-refractivity contribution in [2.45, 2.75) is 111 Å². The number of anilines is 3. The van der Waals surface area contributed by atoms with E-state index in [9.17, 15) is 40.8 Å². The highest BCUT2D eigenvalue weighted by Crippen LogP contribution is 2.32. The molecule has 3 rings (SSSR count). The number of ether oxygens (including phenoxy) is 2. The molecule has 0 saturated carbocycles. The zero-order valence-corrected chi connectivity index (χ0v) is 61.2. The predicted octanol–water partition coefficient (Wildman–Crippen LogP) is 8.04. The van der Waals surface area contributed by atoms with E-state index in [-0.39, 0.29) is 75.8 Å². The molecular formula is C57H88B2I4N6O14S2. The van der Waals surface area contributed by atoms with Crippen molar-refractivity contribution < 1.29 is 63.8 Å². The predicted molar refractivity (Wildman–Crippen MR) is 379 cm³/mol. The number of esters is 2. The third-order valence-electron chi connectivity index (χ3n) is 12.4. The molecule has 3 unspecified atom stereocenters. The number of aliphatic carboxylic acids is 1. The molecule has 3 atom stereocenters. The zero-order valence-electron chi connectivity index (χ0n) is 51.0. The minimum absolute atomic E-state index is 0.0512. The quantitative estimate of drug-likeness (QED) is 0.00808. The second kappa shape index (κ2) is 41.8. The van der Waals surface area contributed by atoms with Crippen LogP contribution in [0.3, 0.4) is 0 Å². The molecule has 0 aliphatic carbocycles. The van der Waals surface area contributed by atoms with Gasteiger partial charge in [-0.2, -0.15) is 16.8 Å². The molecule has 0 saturated heterocycles. The van der Waals surface area contributed by atoms with Crippen molar-refractivity contribution in [3.8, 4) is 0 Å². The number of carboxylic acid groups (broad SMARTS) is 1. The topological polar surface area (TPSA) is 271 Å². The van der Waals surface area contributed by atoms with Gasteiger partial charge in [0.15, 0.2) is 0 Å². The van der Waals surface area contributed by atoms with Crippen molar-refractivity contribution in [2.75, 3.05) is 117 Å². The molecule has 3 aromatic rings. The summed E-state index contributed by atoms with van der Waals surface area (Å²) in [5.41, 5.74) is 13.7. The van der Waals surface area contributed by atoms with Crippen molar-refractivity contribution in [1.82, 2.24) is 10.5 Å². The van der Waals surface area contributed by atoms with Crippen molar-refractivity contribution >= 4 is 173 Å². The Kier molecular flexibility index (Phi) is 39.6. The number of aryl methyl sites for hydroxylation is 3. The molecule has 476 valence electrons. The first-order chi connectivity index (χ1) is 39.7. The number of nitrogens with one attached hydrogen (secondary N) is 2. The van der Waals surface area contributed by atoms with E-state index in [1.165, 1.54) is 20.5 Å². The first-order valence-corrected chi connectivity index (χ1v) is 37.3. The Balaban J connectivity index is 0.000000660. The van der Waals surface area contributed by atoms with Gasteiger partial charge in [-0.05, 0) is 152 Å². The summed E-state index contributed by atoms with van der Waals surface area (Å²) >= 11 is 9.55. The van der Waals surface area contributed by atoms with Crippen LogP contribution < -0.4 is 30.9 Å². The number of nitrogens with zero attached hydrogens (tertiary/aromatic N) is 3. The molecule has 28 heteroatoms. The lowest BCUT2D eigenvalue weighted by Gasteiger charge is -2.27. The minimum atomic E-state index is -3.66. The maximum absolute atomic E-state index is 12.6. The van der Waals surface area contributed by atoms with Crippen LogP contribution in [0.2, 0.25) is 0 Å². The SMILES string of the molecule is Cc1ccc(N(CCI)CCI)cc1C(CN)CC(=O)O.Cc1ccc(N(CCI)CCI)cc1C(CN[B]C=O)CC(=O)OC(C)(C)C.Cc1ccc(N(CCOS(C)(=O)=O)CCOS(C)(=O)=O)cc1C(CN[B]C=O)CC(=O)OC(C)(C)C. The fourth-order valence-corrected chi connectivity index (χ4v) is 11.8. The van der Waals surface area contributed by atoms with Crippen molar-refractivity contribution in [3.05, 3.63) is 88.0 Å². The second-order valence-electron chi connectivity index (χ2n) is 21.8. The summed E-state index contributed by atoms with van der Waals surface area (Å²) in [6, 6.07) is 18.2. The van der Waals surface area contributed by atoms with Gasteiger partial charge in [0.1, 0.15) is 11.2 Å². The molecule has 0 bridgehead atoms. The summed E-state index contributed by atoms with van der Waals surface area (Å²) in [7, 11) is -4.70. The summed E-state index contributed by atoms with van der Waals surface area (Å²) in [6.07, 6.45) is 3.61. The molecule has 0 aliphatic rings. The highest BCUT2D eigenvalue weighted by molar-refractivity contribution is 14.1. The Morgan fingerprint density at radius 2 is 0.871 bits per heavy atom. The lowest BCUT2D eigenvalue weighted by atomic mass is 9.88. The van der Waals surface area contributed by atoms with Gasteiger partial charge in [0, 0.05) is 91.8 Å². The first kappa shape index (κ1) is 80.6. The molecule has 3 aromatic carbocycles. The third kappa shape index (κ3) is 35.5. The Labute approximate surface area is 562 Å². The number of benzene rings is 3. The molecule has 85 heavy (non-hydrogen) atoms. The standard InChI is InChI=1S/C22H36BN2O9S2.C20H30BI2N2O3.C15H22I2N2O2/c1-17-7-8-19(25(9-11-32-35(5,28)29)10-12-33-36(6,30)31)14-20(17)18(15-24-23-16-26)13-21(27)34-22(2,3)4;1-15-5-6-17(25(9-7-22)10-8-23)12-18(15)16(13-24-21-14-26)11-19(27)28-20(2,3)4;1-11-2-3-13(19(6-4-16)7-5-17)9-14(11)12(10-18)8-15(20)21/h7-8,14,16,18,24H,9-13,15H2,1-6H3;5-6,12,14,16,24H,7-11,13H2,1-4H3;2-3,9,12H,4-8,10,18H2,1H3,(H,20,21). The van der Waals surface area contributed by atoms with Crippen LogP contribution in [0.1, 0.15) is 112 Å². The fraction of sp³-hybridized carbons (Fsp3) is 0.596. The summed E-state index contributed by atoms with van der Waals surface area (Å²) in [6.45, 7) is 22.0. The lowest BCUT2D eigenvalue weighted by Crippen LogP contribution is -2.33. The van der Waals surface area contributed by atoms with Crippen LogP contribution in [0.5, 0.6) is 0 Å². The van der Waals surface area contributed by atoms with E-state index in [4.69, 9.17) is 28.7 Å². The molecule has 5 N–H and O–H groups in total. The Hall–Kier alpha value is -2.44. The van der Waals surface area contributed by atoms with E-state index in [1.807, 2.05) is 46.8 Å². The number of carbonyl (C=O) groups is 5. The molecule has 0 aliphatic heterocycles. The average molecular weight is 1670 g/mol. The molecule has 20 nitrogen and oxygen atoms in total. The molecule has 0 amide bonds. The Morgan fingerprint density at radius 1 is 0.565 bits per heavy atom. The van der Waals surface area contributed by atoms with Crippen molar-refractivity contribution in [3.63, 3.8) is 0 Å². The molecular weight excluding hydrogens is 1590 g/mol. The van der Waals surface area contributed by atoms with Gasteiger partial charge in [-0.1, -0.05) is 109 Å². The van der Waals surface area contributed by atoms with Gasteiger partial charge >= 0.3 is 17.9 Å². The molecule has 0 spiro atoms. The minimum Gasteiger partial charge on any atom is -0.481 e. The highest BCUT2D eigenvalue weighted by Gasteiger charge is 2.26. The highest BCUT2D eigenvalue weighted by atomic mass is 127. The van der Waals surface area contributed by atoms with Gasteiger partial charge in [-0.25, -0.2) is 0 Å². The van der Waals surface area contributed by atoms with Crippen molar-refractivity contribution in [1.29, 1.82) is 0 Å². The summed E-state index contributed by atoms with van der Waals surface area (Å²) < 4.78 is 70.5. The van der Waals surface area contributed by atoms with Gasteiger partial charge in [0.2, 0.25) is 0 Å². The van der Waals surface area contributed by atoms with E-state index in [2.05, 4.69) is 154 Å². The molecule has 2 radical (unpaired) electrons. The molecule has 0 fully saturated rings. The Morgan fingerprint density at radius 3 is 1.13 bits per heavy atom. The van der Waals surface area contributed by atoms with Gasteiger partial charge in [-0.15, -0.1) is 0 Å². The van der Waals surface area contributed by atoms with Crippen LogP contribution in [0.4, 0.5) is 17.1 Å². The smallest absolute Gasteiger partial charge is 0.306 e. The van der Waals surface area contributed by atoms with E-state index >= 15 is 0 Å². The summed E-state index contributed by atoms with van der Waals surface area (Å²) in [4.78, 5) is 63.9. The zero-order chi connectivity index (χ0) is 64.6. The fourth-order valence-electron chi connectivity index (χ4n) is 8.71. The summed E-state index contributed by atoms with van der Waals surface area (Å²) in [5.74, 6) is -1.98. The van der Waals surface area contributed by atoms with Gasteiger partial charge in [0.05, 0.1) is 57.4 Å². The van der Waals surface area contributed by atoms with Crippen LogP contribution in [0.15, 0.2) is 54.6 Å². The Bertz CT molecular complexity index is 2710. The van der Waals surface area contributed by atoms with Crippen LogP contribution in [0.25, 0.3) is 0 Å². The van der Waals surface area contributed by atoms with Crippen molar-refractivity contribution in [2.24, 2.45) is 5.73 Å². The second-order valence-corrected chi connectivity index (χ2v) is 29.4. The number of alkyl halides is 4. The monoisotopic (exact) mass is 1670 g/mol. The molecule has 0 heterocycles.